The molecule has 0 aliphatic carbocycles. The Hall–Kier alpha value is -2.15. The minimum atomic E-state index is -0.110. The standard InChI is InChI=1S/C21H21BrClN3O2/c22-17-6-2-1-5-16(17)9-10-21(28)26-13-11-25(12-14-26)15-20(27)24-19-8-4-3-7-18(19)23/h1-10H,11-15H2,(H,24,27). The van der Waals surface area contributed by atoms with Crippen LogP contribution in [-0.4, -0.2) is 54.3 Å². The molecule has 1 fully saturated rings. The zero-order chi connectivity index (χ0) is 19.9. The molecule has 0 bridgehead atoms. The highest BCUT2D eigenvalue weighted by Crippen LogP contribution is 2.20. The number of nitrogens with one attached hydrogen (secondary N) is 1. The molecule has 1 aliphatic rings. The first-order chi connectivity index (χ1) is 13.5. The van der Waals surface area contributed by atoms with E-state index in [1.165, 1.54) is 0 Å². The first kappa shape index (κ1) is 20.6. The number of rotatable bonds is 5. The van der Waals surface area contributed by atoms with Crippen molar-refractivity contribution in [3.8, 4) is 0 Å². The zero-order valence-corrected chi connectivity index (χ0v) is 17.6. The summed E-state index contributed by atoms with van der Waals surface area (Å²) in [5.41, 5.74) is 1.57. The molecule has 0 aromatic heterocycles. The lowest BCUT2D eigenvalue weighted by atomic mass is 10.2. The highest BCUT2D eigenvalue weighted by Gasteiger charge is 2.21. The Labute approximate surface area is 178 Å². The van der Waals surface area contributed by atoms with E-state index in [2.05, 4.69) is 21.2 Å². The SMILES string of the molecule is O=C(CN1CCN(C(=O)C=Cc2ccccc2Br)CC1)Nc1ccccc1Cl. The Bertz CT molecular complexity index is 879. The third kappa shape index (κ3) is 5.67. The maximum atomic E-state index is 12.4. The summed E-state index contributed by atoms with van der Waals surface area (Å²) in [5.74, 6) is -0.127. The molecule has 28 heavy (non-hydrogen) atoms. The van der Waals surface area contributed by atoms with Crippen molar-refractivity contribution in [1.29, 1.82) is 0 Å². The molecule has 7 heteroatoms. The van der Waals surface area contributed by atoms with Crippen LogP contribution in [0.4, 0.5) is 5.69 Å². The summed E-state index contributed by atoms with van der Waals surface area (Å²) in [6.45, 7) is 2.78. The number of carbonyl (C=O) groups excluding carboxylic acids is 2. The highest BCUT2D eigenvalue weighted by molar-refractivity contribution is 9.10. The van der Waals surface area contributed by atoms with Gasteiger partial charge >= 0.3 is 0 Å². The molecule has 146 valence electrons. The van der Waals surface area contributed by atoms with Gasteiger partial charge in [0.05, 0.1) is 17.3 Å². The predicted molar refractivity (Wildman–Crippen MR) is 116 cm³/mol. The fourth-order valence-electron chi connectivity index (χ4n) is 2.96. The number of carbonyl (C=O) groups is 2. The molecule has 0 unspecified atom stereocenters. The fraction of sp³-hybridized carbons (Fsp3) is 0.238. The lowest BCUT2D eigenvalue weighted by molar-refractivity contribution is -0.127. The normalized spacial score (nSPS) is 15.0. The fourth-order valence-corrected chi connectivity index (χ4v) is 3.56. The van der Waals surface area contributed by atoms with E-state index < -0.39 is 0 Å². The molecule has 2 aromatic rings. The Morgan fingerprint density at radius 3 is 2.43 bits per heavy atom. The Morgan fingerprint density at radius 2 is 1.71 bits per heavy atom. The average Bonchev–Trinajstić information content (AvgIpc) is 2.69. The highest BCUT2D eigenvalue weighted by atomic mass is 79.9. The van der Waals surface area contributed by atoms with Crippen molar-refractivity contribution < 1.29 is 9.59 Å². The van der Waals surface area contributed by atoms with Crippen molar-refractivity contribution in [2.24, 2.45) is 0 Å². The monoisotopic (exact) mass is 461 g/mol. The van der Waals surface area contributed by atoms with Crippen LogP contribution in [0.1, 0.15) is 5.56 Å². The van der Waals surface area contributed by atoms with Gasteiger partial charge in [-0.2, -0.15) is 0 Å². The van der Waals surface area contributed by atoms with Crippen molar-refractivity contribution in [3.05, 3.63) is 69.7 Å². The molecule has 1 aliphatic heterocycles. The largest absolute Gasteiger partial charge is 0.337 e. The number of anilines is 1. The Balaban J connectivity index is 1.46. The number of piperazine rings is 1. The van der Waals surface area contributed by atoms with Gasteiger partial charge < -0.3 is 10.2 Å². The summed E-state index contributed by atoms with van der Waals surface area (Å²) in [6.07, 6.45) is 3.41. The van der Waals surface area contributed by atoms with Crippen LogP contribution in [-0.2, 0) is 9.59 Å². The van der Waals surface area contributed by atoms with Gasteiger partial charge in [0.2, 0.25) is 11.8 Å². The molecular formula is C21H21BrClN3O2. The van der Waals surface area contributed by atoms with E-state index >= 15 is 0 Å². The van der Waals surface area contributed by atoms with Gasteiger partial charge in [-0.05, 0) is 29.8 Å². The molecule has 2 aromatic carbocycles. The predicted octanol–water partition coefficient (Wildman–Crippen LogP) is 3.90. The van der Waals surface area contributed by atoms with Crippen LogP contribution in [0, 0.1) is 0 Å². The summed E-state index contributed by atoms with van der Waals surface area (Å²) in [6, 6.07) is 14.9. The Kier molecular flexibility index (Phi) is 7.25. The van der Waals surface area contributed by atoms with Gasteiger partial charge in [0.1, 0.15) is 0 Å². The molecule has 1 N–H and O–H groups in total. The minimum Gasteiger partial charge on any atom is -0.337 e. The quantitative estimate of drug-likeness (QED) is 0.686. The van der Waals surface area contributed by atoms with Crippen LogP contribution < -0.4 is 5.32 Å². The van der Waals surface area contributed by atoms with E-state index in [0.717, 1.165) is 10.0 Å². The number of halogens is 2. The van der Waals surface area contributed by atoms with E-state index in [9.17, 15) is 9.59 Å². The third-order valence-electron chi connectivity index (χ3n) is 4.51. The molecule has 2 amide bonds. The van der Waals surface area contributed by atoms with Crippen LogP contribution >= 0.6 is 27.5 Å². The van der Waals surface area contributed by atoms with Gasteiger partial charge in [-0.3, -0.25) is 14.5 Å². The second-order valence-electron chi connectivity index (χ2n) is 6.48. The molecule has 0 spiro atoms. The van der Waals surface area contributed by atoms with Crippen LogP contribution in [0.25, 0.3) is 6.08 Å². The zero-order valence-electron chi connectivity index (χ0n) is 15.3. The minimum absolute atomic E-state index is 0.0177. The maximum absolute atomic E-state index is 12.4. The summed E-state index contributed by atoms with van der Waals surface area (Å²) in [4.78, 5) is 28.5. The number of para-hydroxylation sites is 1. The van der Waals surface area contributed by atoms with Crippen molar-refractivity contribution in [2.45, 2.75) is 0 Å². The number of nitrogens with zero attached hydrogens (tertiary/aromatic N) is 2. The molecule has 1 saturated heterocycles. The third-order valence-corrected chi connectivity index (χ3v) is 5.56. The topological polar surface area (TPSA) is 52.7 Å². The second kappa shape index (κ2) is 9.87. The first-order valence-electron chi connectivity index (χ1n) is 9.01. The smallest absolute Gasteiger partial charge is 0.246 e. The molecule has 5 nitrogen and oxygen atoms in total. The van der Waals surface area contributed by atoms with Gasteiger partial charge in [0.25, 0.3) is 0 Å². The van der Waals surface area contributed by atoms with Gasteiger partial charge in [-0.25, -0.2) is 0 Å². The van der Waals surface area contributed by atoms with Crippen molar-refractivity contribution >= 4 is 51.1 Å². The maximum Gasteiger partial charge on any atom is 0.246 e. The molecule has 0 atom stereocenters. The Morgan fingerprint density at radius 1 is 1.04 bits per heavy atom. The summed E-state index contributed by atoms with van der Waals surface area (Å²) < 4.78 is 0.952. The van der Waals surface area contributed by atoms with Crippen LogP contribution in [0.15, 0.2) is 59.1 Å². The lowest BCUT2D eigenvalue weighted by Crippen LogP contribution is -2.50. The second-order valence-corrected chi connectivity index (χ2v) is 7.75. The van der Waals surface area contributed by atoms with Crippen LogP contribution in [0.5, 0.6) is 0 Å². The number of hydrogen-bond acceptors (Lipinski definition) is 3. The van der Waals surface area contributed by atoms with E-state index in [-0.39, 0.29) is 18.4 Å². The molecular weight excluding hydrogens is 442 g/mol. The van der Waals surface area contributed by atoms with Crippen molar-refractivity contribution in [2.75, 3.05) is 38.0 Å². The lowest BCUT2D eigenvalue weighted by Gasteiger charge is -2.33. The molecule has 1 heterocycles. The average molecular weight is 463 g/mol. The van der Waals surface area contributed by atoms with Crippen molar-refractivity contribution in [3.63, 3.8) is 0 Å². The van der Waals surface area contributed by atoms with E-state index in [4.69, 9.17) is 11.6 Å². The molecule has 0 radical (unpaired) electrons. The summed E-state index contributed by atoms with van der Waals surface area (Å²) in [5, 5.41) is 3.34. The van der Waals surface area contributed by atoms with Gasteiger partial charge in [-0.15, -0.1) is 0 Å². The van der Waals surface area contributed by atoms with Crippen LogP contribution in [0.3, 0.4) is 0 Å². The van der Waals surface area contributed by atoms with E-state index in [0.29, 0.717) is 36.9 Å². The van der Waals surface area contributed by atoms with E-state index in [1.807, 2.05) is 47.4 Å². The van der Waals surface area contributed by atoms with Gasteiger partial charge in [0, 0.05) is 36.7 Å². The number of amides is 2. The number of benzene rings is 2. The van der Waals surface area contributed by atoms with Crippen molar-refractivity contribution in [1.82, 2.24) is 9.80 Å². The molecule has 0 saturated carbocycles. The van der Waals surface area contributed by atoms with E-state index in [1.54, 1.807) is 23.1 Å². The number of hydrogen-bond donors (Lipinski definition) is 1. The first-order valence-corrected chi connectivity index (χ1v) is 10.2. The summed E-state index contributed by atoms with van der Waals surface area (Å²) in [7, 11) is 0. The van der Waals surface area contributed by atoms with Gasteiger partial charge in [0.15, 0.2) is 0 Å². The molecule has 3 rings (SSSR count). The van der Waals surface area contributed by atoms with Gasteiger partial charge in [-0.1, -0.05) is 57.9 Å². The summed E-state index contributed by atoms with van der Waals surface area (Å²) >= 11 is 9.54. The van der Waals surface area contributed by atoms with Crippen LogP contribution in [0.2, 0.25) is 5.02 Å².